The van der Waals surface area contributed by atoms with E-state index in [1.807, 2.05) is 24.6 Å². The lowest BCUT2D eigenvalue weighted by Crippen LogP contribution is -2.36. The van der Waals surface area contributed by atoms with Crippen molar-refractivity contribution >= 4 is 23.5 Å². The van der Waals surface area contributed by atoms with Gasteiger partial charge < -0.3 is 11.1 Å². The average Bonchev–Trinajstić information content (AvgIpc) is 2.92. The molecule has 0 unspecified atom stereocenters. The highest BCUT2D eigenvalue weighted by Gasteiger charge is 2.14. The first-order valence-electron chi connectivity index (χ1n) is 6.67. The summed E-state index contributed by atoms with van der Waals surface area (Å²) in [5, 5.41) is 7.05. The first-order chi connectivity index (χ1) is 10.2. The van der Waals surface area contributed by atoms with E-state index in [9.17, 15) is 4.79 Å². The fourth-order valence-corrected chi connectivity index (χ4v) is 2.28. The molecule has 3 N–H and O–H groups in total. The minimum atomic E-state index is -0.497. The molecule has 1 amide bonds. The normalized spacial score (nSPS) is 12.1. The van der Waals surface area contributed by atoms with Crippen LogP contribution in [0, 0.1) is 0 Å². The van der Waals surface area contributed by atoms with Crippen LogP contribution in [-0.2, 0) is 11.3 Å². The maximum atomic E-state index is 11.9. The molecular weight excluding hydrogens is 286 g/mol. The summed E-state index contributed by atoms with van der Waals surface area (Å²) in [6.07, 6.45) is 7.96. The quantitative estimate of drug-likeness (QED) is 0.806. The van der Waals surface area contributed by atoms with Crippen LogP contribution in [0.5, 0.6) is 0 Å². The number of pyridine rings is 1. The van der Waals surface area contributed by atoms with Crippen LogP contribution in [0.1, 0.15) is 12.0 Å². The van der Waals surface area contributed by atoms with Crippen LogP contribution >= 0.6 is 11.8 Å². The largest absolute Gasteiger partial charge is 0.320 e. The Balaban J connectivity index is 1.89. The summed E-state index contributed by atoms with van der Waals surface area (Å²) < 4.78 is 1.76. The molecule has 2 rings (SSSR count). The summed E-state index contributed by atoms with van der Waals surface area (Å²) in [4.78, 5) is 15.9. The molecule has 0 aliphatic rings. The highest BCUT2D eigenvalue weighted by atomic mass is 32.2. The zero-order valence-electron chi connectivity index (χ0n) is 11.9. The number of rotatable bonds is 7. The van der Waals surface area contributed by atoms with Gasteiger partial charge in [-0.1, -0.05) is 0 Å². The van der Waals surface area contributed by atoms with Gasteiger partial charge in [0.15, 0.2) is 5.82 Å². The number of nitrogens with two attached hydrogens (primary N) is 1. The van der Waals surface area contributed by atoms with Gasteiger partial charge >= 0.3 is 0 Å². The zero-order valence-corrected chi connectivity index (χ0v) is 12.7. The van der Waals surface area contributed by atoms with Gasteiger partial charge in [0.05, 0.1) is 12.6 Å². The van der Waals surface area contributed by atoms with E-state index in [-0.39, 0.29) is 5.91 Å². The number of hydrogen-bond acceptors (Lipinski definition) is 5. The molecular formula is C14H19N5OS. The third kappa shape index (κ3) is 4.87. The Labute approximate surface area is 128 Å². The van der Waals surface area contributed by atoms with Gasteiger partial charge in [0, 0.05) is 24.7 Å². The maximum absolute atomic E-state index is 11.9. The number of nitrogens with zero attached hydrogens (tertiary/aromatic N) is 3. The van der Waals surface area contributed by atoms with Crippen LogP contribution in [-0.4, -0.2) is 38.7 Å². The second kappa shape index (κ2) is 7.80. The molecule has 0 aliphatic heterocycles. The summed E-state index contributed by atoms with van der Waals surface area (Å²) in [6, 6.07) is 5.12. The molecule has 7 heteroatoms. The van der Waals surface area contributed by atoms with Crippen LogP contribution in [0.4, 0.5) is 5.82 Å². The van der Waals surface area contributed by atoms with Crippen molar-refractivity contribution in [2.45, 2.75) is 19.0 Å². The van der Waals surface area contributed by atoms with Crippen molar-refractivity contribution in [3.8, 4) is 0 Å². The standard InChI is InChI=1S/C14H19N5OS/c1-21-9-5-12(15)14(20)17-13-4-8-19(18-13)10-11-2-6-16-7-3-11/h2-4,6-8,12H,5,9-10,15H2,1H3,(H,17,18,20)/t12-/m0/s1. The van der Waals surface area contributed by atoms with Crippen molar-refractivity contribution in [2.75, 3.05) is 17.3 Å². The van der Waals surface area contributed by atoms with Gasteiger partial charge in [0.1, 0.15) is 0 Å². The molecule has 2 heterocycles. The Morgan fingerprint density at radius 1 is 1.43 bits per heavy atom. The summed E-state index contributed by atoms with van der Waals surface area (Å²) in [7, 11) is 0. The van der Waals surface area contributed by atoms with Gasteiger partial charge in [-0.2, -0.15) is 16.9 Å². The fourth-order valence-electron chi connectivity index (χ4n) is 1.79. The van der Waals surface area contributed by atoms with Crippen LogP contribution in [0.25, 0.3) is 0 Å². The van der Waals surface area contributed by atoms with E-state index < -0.39 is 6.04 Å². The van der Waals surface area contributed by atoms with Gasteiger partial charge in [-0.3, -0.25) is 14.5 Å². The van der Waals surface area contributed by atoms with Gasteiger partial charge in [0.25, 0.3) is 0 Å². The molecule has 0 bridgehead atoms. The lowest BCUT2D eigenvalue weighted by Gasteiger charge is -2.09. The molecule has 0 aliphatic carbocycles. The molecule has 112 valence electrons. The molecule has 2 aromatic heterocycles. The number of nitrogens with one attached hydrogen (secondary N) is 1. The number of carbonyl (C=O) groups is 1. The molecule has 0 radical (unpaired) electrons. The van der Waals surface area contributed by atoms with E-state index in [2.05, 4.69) is 15.4 Å². The number of hydrogen-bond donors (Lipinski definition) is 2. The SMILES string of the molecule is CSCC[C@H](N)C(=O)Nc1ccn(Cc2ccncc2)n1. The first-order valence-corrected chi connectivity index (χ1v) is 8.06. The van der Waals surface area contributed by atoms with Gasteiger partial charge in [-0.25, -0.2) is 0 Å². The molecule has 0 saturated heterocycles. The van der Waals surface area contributed by atoms with Crippen molar-refractivity contribution < 1.29 is 4.79 Å². The number of carbonyl (C=O) groups excluding carboxylic acids is 1. The van der Waals surface area contributed by atoms with Crippen LogP contribution in [0.3, 0.4) is 0 Å². The summed E-state index contributed by atoms with van der Waals surface area (Å²) in [5.74, 6) is 1.19. The number of amides is 1. The van der Waals surface area contributed by atoms with E-state index in [4.69, 9.17) is 5.73 Å². The summed E-state index contributed by atoms with van der Waals surface area (Å²) >= 11 is 1.67. The smallest absolute Gasteiger partial charge is 0.242 e. The molecule has 0 fully saturated rings. The Morgan fingerprint density at radius 2 is 2.19 bits per heavy atom. The predicted octanol–water partition coefficient (Wildman–Crippen LogP) is 1.35. The molecule has 0 aromatic carbocycles. The summed E-state index contributed by atoms with van der Waals surface area (Å²) in [6.45, 7) is 0.636. The lowest BCUT2D eigenvalue weighted by atomic mass is 10.2. The van der Waals surface area contributed by atoms with Crippen molar-refractivity contribution in [1.29, 1.82) is 0 Å². The van der Waals surface area contributed by atoms with Crippen molar-refractivity contribution in [3.05, 3.63) is 42.4 Å². The van der Waals surface area contributed by atoms with E-state index in [0.29, 0.717) is 18.8 Å². The van der Waals surface area contributed by atoms with Gasteiger partial charge in [0.2, 0.25) is 5.91 Å². The van der Waals surface area contributed by atoms with E-state index >= 15 is 0 Å². The number of thioether (sulfide) groups is 1. The molecule has 2 aromatic rings. The molecule has 0 spiro atoms. The third-order valence-corrected chi connectivity index (χ3v) is 3.60. The third-order valence-electron chi connectivity index (χ3n) is 2.96. The maximum Gasteiger partial charge on any atom is 0.242 e. The van der Waals surface area contributed by atoms with Gasteiger partial charge in [-0.15, -0.1) is 0 Å². The Bertz CT molecular complexity index is 572. The Hall–Kier alpha value is -1.86. The lowest BCUT2D eigenvalue weighted by molar-refractivity contribution is -0.117. The predicted molar refractivity (Wildman–Crippen MR) is 85.2 cm³/mol. The van der Waals surface area contributed by atoms with E-state index in [0.717, 1.165) is 11.3 Å². The number of anilines is 1. The Kier molecular flexibility index (Phi) is 5.77. The van der Waals surface area contributed by atoms with Crippen LogP contribution < -0.4 is 11.1 Å². The molecule has 1 atom stereocenters. The topological polar surface area (TPSA) is 85.8 Å². The number of aromatic nitrogens is 3. The second-order valence-electron chi connectivity index (χ2n) is 4.63. The Morgan fingerprint density at radius 3 is 2.90 bits per heavy atom. The molecule has 21 heavy (non-hydrogen) atoms. The monoisotopic (exact) mass is 305 g/mol. The van der Waals surface area contributed by atoms with E-state index in [1.165, 1.54) is 0 Å². The van der Waals surface area contributed by atoms with E-state index in [1.54, 1.807) is 34.9 Å². The zero-order chi connectivity index (χ0) is 15.1. The second-order valence-corrected chi connectivity index (χ2v) is 5.62. The molecule has 6 nitrogen and oxygen atoms in total. The minimum Gasteiger partial charge on any atom is -0.320 e. The highest BCUT2D eigenvalue weighted by Crippen LogP contribution is 2.07. The van der Waals surface area contributed by atoms with Gasteiger partial charge in [-0.05, 0) is 36.1 Å². The van der Waals surface area contributed by atoms with Crippen molar-refractivity contribution in [1.82, 2.24) is 14.8 Å². The fraction of sp³-hybridized carbons (Fsp3) is 0.357. The average molecular weight is 305 g/mol. The van der Waals surface area contributed by atoms with Crippen molar-refractivity contribution in [2.24, 2.45) is 5.73 Å². The van der Waals surface area contributed by atoms with Crippen LogP contribution in [0.2, 0.25) is 0 Å². The molecule has 0 saturated carbocycles. The summed E-state index contributed by atoms with van der Waals surface area (Å²) in [5.41, 5.74) is 6.91. The van der Waals surface area contributed by atoms with Crippen LogP contribution in [0.15, 0.2) is 36.8 Å². The highest BCUT2D eigenvalue weighted by molar-refractivity contribution is 7.98. The first kappa shape index (κ1) is 15.5. The minimum absolute atomic E-state index is 0.196. The van der Waals surface area contributed by atoms with Crippen molar-refractivity contribution in [3.63, 3.8) is 0 Å².